The lowest BCUT2D eigenvalue weighted by Gasteiger charge is -2.29. The molecule has 0 aromatic heterocycles. The Hall–Kier alpha value is -0.340. The van der Waals surface area contributed by atoms with Crippen molar-refractivity contribution in [3.05, 3.63) is 12.2 Å². The average Bonchev–Trinajstić information content (AvgIpc) is 1.85. The zero-order valence-electron chi connectivity index (χ0n) is 6.51. The van der Waals surface area contributed by atoms with Crippen LogP contribution >= 0.6 is 0 Å². The molecule has 1 aliphatic heterocycles. The molecule has 1 aliphatic rings. The summed E-state index contributed by atoms with van der Waals surface area (Å²) < 4.78 is 0. The molecule has 0 spiro atoms. The maximum absolute atomic E-state index is 8.86. The van der Waals surface area contributed by atoms with Gasteiger partial charge in [-0.2, -0.15) is 0 Å². The minimum Gasteiger partial charge on any atom is -0.396 e. The second-order valence-electron chi connectivity index (χ2n) is 3.20. The van der Waals surface area contributed by atoms with E-state index in [1.165, 1.54) is 5.57 Å². The molecule has 58 valence electrons. The molecule has 1 unspecified atom stereocenters. The Morgan fingerprint density at radius 1 is 1.80 bits per heavy atom. The third-order valence-electron chi connectivity index (χ3n) is 1.90. The summed E-state index contributed by atoms with van der Waals surface area (Å²) in [6.45, 7) is 6.21. The Kier molecular flexibility index (Phi) is 2.46. The second kappa shape index (κ2) is 3.17. The minimum absolute atomic E-state index is 0.295. The number of hydrogen-bond donors (Lipinski definition) is 1. The number of aliphatic hydroxyl groups excluding tert-OH is 1. The molecule has 2 nitrogen and oxygen atoms in total. The molecule has 0 amide bonds. The molecule has 1 heterocycles. The van der Waals surface area contributed by atoms with Crippen molar-refractivity contribution in [1.29, 1.82) is 0 Å². The molecule has 0 bridgehead atoms. The number of likely N-dealkylation sites (N-methyl/N-ethyl adjacent to an activating group) is 1. The average molecular weight is 141 g/mol. The van der Waals surface area contributed by atoms with Crippen molar-refractivity contribution in [2.24, 2.45) is 5.92 Å². The van der Waals surface area contributed by atoms with Gasteiger partial charge in [0.1, 0.15) is 0 Å². The highest BCUT2D eigenvalue weighted by Crippen LogP contribution is 2.17. The molecular formula is C8H15NO. The quantitative estimate of drug-likeness (QED) is 0.537. The van der Waals surface area contributed by atoms with Crippen LogP contribution in [-0.4, -0.2) is 36.8 Å². The summed E-state index contributed by atoms with van der Waals surface area (Å²) >= 11 is 0. The second-order valence-corrected chi connectivity index (χ2v) is 3.20. The fourth-order valence-corrected chi connectivity index (χ4v) is 1.55. The highest BCUT2D eigenvalue weighted by atomic mass is 16.3. The maximum atomic E-state index is 8.86. The largest absolute Gasteiger partial charge is 0.396 e. The summed E-state index contributed by atoms with van der Waals surface area (Å²) in [5.41, 5.74) is 1.24. The summed E-state index contributed by atoms with van der Waals surface area (Å²) in [6, 6.07) is 0. The highest BCUT2D eigenvalue weighted by Gasteiger charge is 2.17. The first-order chi connectivity index (χ1) is 4.72. The van der Waals surface area contributed by atoms with Crippen LogP contribution in [0.3, 0.4) is 0 Å². The standard InChI is InChI=1S/C8H15NO/c1-7-3-8(6-10)5-9(2)4-7/h8,10H,1,3-6H2,2H3. The van der Waals surface area contributed by atoms with Gasteiger partial charge in [0.05, 0.1) is 0 Å². The molecule has 0 aromatic rings. The molecule has 1 fully saturated rings. The number of piperidine rings is 1. The van der Waals surface area contributed by atoms with Gasteiger partial charge in [-0.15, -0.1) is 0 Å². The van der Waals surface area contributed by atoms with Gasteiger partial charge in [-0.05, 0) is 19.4 Å². The third kappa shape index (κ3) is 1.82. The summed E-state index contributed by atoms with van der Waals surface area (Å²) in [4.78, 5) is 2.20. The first-order valence-corrected chi connectivity index (χ1v) is 3.68. The predicted molar refractivity (Wildman–Crippen MR) is 41.8 cm³/mol. The van der Waals surface area contributed by atoms with Crippen LogP contribution in [0, 0.1) is 5.92 Å². The van der Waals surface area contributed by atoms with Crippen molar-refractivity contribution < 1.29 is 5.11 Å². The summed E-state index contributed by atoms with van der Waals surface area (Å²) in [6.07, 6.45) is 1.00. The van der Waals surface area contributed by atoms with E-state index in [1.54, 1.807) is 0 Å². The Labute approximate surface area is 62.2 Å². The molecule has 0 saturated carbocycles. The normalized spacial score (nSPS) is 29.0. The molecule has 0 aliphatic carbocycles. The van der Waals surface area contributed by atoms with E-state index in [4.69, 9.17) is 5.11 Å². The van der Waals surface area contributed by atoms with Crippen molar-refractivity contribution in [1.82, 2.24) is 4.90 Å². The van der Waals surface area contributed by atoms with E-state index in [9.17, 15) is 0 Å². The van der Waals surface area contributed by atoms with E-state index in [-0.39, 0.29) is 0 Å². The van der Waals surface area contributed by atoms with E-state index in [2.05, 4.69) is 18.5 Å². The molecular weight excluding hydrogens is 126 g/mol. The third-order valence-corrected chi connectivity index (χ3v) is 1.90. The predicted octanol–water partition coefficient (Wildman–Crippen LogP) is 0.487. The van der Waals surface area contributed by atoms with Crippen LogP contribution < -0.4 is 0 Å². The monoisotopic (exact) mass is 141 g/mol. The van der Waals surface area contributed by atoms with Crippen molar-refractivity contribution >= 4 is 0 Å². The van der Waals surface area contributed by atoms with Gasteiger partial charge in [0.15, 0.2) is 0 Å². The molecule has 1 N–H and O–H groups in total. The van der Waals surface area contributed by atoms with Crippen molar-refractivity contribution in [3.63, 3.8) is 0 Å². The van der Waals surface area contributed by atoms with Crippen LogP contribution in [0.25, 0.3) is 0 Å². The molecule has 1 saturated heterocycles. The summed E-state index contributed by atoms with van der Waals surface area (Å²) in [5.74, 6) is 0.422. The first kappa shape index (κ1) is 7.76. The zero-order valence-corrected chi connectivity index (χ0v) is 6.51. The lowest BCUT2D eigenvalue weighted by atomic mass is 9.96. The Morgan fingerprint density at radius 3 is 3.00 bits per heavy atom. The van der Waals surface area contributed by atoms with Gasteiger partial charge in [-0.1, -0.05) is 12.2 Å². The molecule has 1 atom stereocenters. The van der Waals surface area contributed by atoms with Crippen LogP contribution in [-0.2, 0) is 0 Å². The van der Waals surface area contributed by atoms with Gasteiger partial charge >= 0.3 is 0 Å². The molecule has 10 heavy (non-hydrogen) atoms. The lowest BCUT2D eigenvalue weighted by molar-refractivity contribution is 0.163. The number of likely N-dealkylation sites (tertiary alicyclic amines) is 1. The van der Waals surface area contributed by atoms with E-state index >= 15 is 0 Å². The minimum atomic E-state index is 0.295. The van der Waals surface area contributed by atoms with Gasteiger partial charge in [0, 0.05) is 19.7 Å². The van der Waals surface area contributed by atoms with Crippen molar-refractivity contribution in [2.75, 3.05) is 26.7 Å². The van der Waals surface area contributed by atoms with Crippen LogP contribution in [0.1, 0.15) is 6.42 Å². The van der Waals surface area contributed by atoms with Crippen LogP contribution in [0.15, 0.2) is 12.2 Å². The zero-order chi connectivity index (χ0) is 7.56. The van der Waals surface area contributed by atoms with E-state index in [1.807, 2.05) is 0 Å². The molecule has 0 aromatic carbocycles. The van der Waals surface area contributed by atoms with E-state index in [0.29, 0.717) is 12.5 Å². The Balaban J connectivity index is 2.42. The van der Waals surface area contributed by atoms with Gasteiger partial charge in [-0.25, -0.2) is 0 Å². The van der Waals surface area contributed by atoms with Gasteiger partial charge in [0.25, 0.3) is 0 Å². The molecule has 1 rings (SSSR count). The van der Waals surface area contributed by atoms with Crippen LogP contribution in [0.4, 0.5) is 0 Å². The lowest BCUT2D eigenvalue weighted by Crippen LogP contribution is -2.34. The van der Waals surface area contributed by atoms with Crippen LogP contribution in [0.5, 0.6) is 0 Å². The number of nitrogens with zero attached hydrogens (tertiary/aromatic N) is 1. The van der Waals surface area contributed by atoms with Gasteiger partial charge < -0.3 is 10.0 Å². The maximum Gasteiger partial charge on any atom is 0.0474 e. The Bertz CT molecular complexity index is 133. The Morgan fingerprint density at radius 2 is 2.50 bits per heavy atom. The molecule has 2 heteroatoms. The fraction of sp³-hybridized carbons (Fsp3) is 0.750. The summed E-state index contributed by atoms with van der Waals surface area (Å²) in [7, 11) is 2.06. The van der Waals surface area contributed by atoms with E-state index < -0.39 is 0 Å². The fourth-order valence-electron chi connectivity index (χ4n) is 1.55. The topological polar surface area (TPSA) is 23.5 Å². The molecule has 0 radical (unpaired) electrons. The van der Waals surface area contributed by atoms with Gasteiger partial charge in [-0.3, -0.25) is 0 Å². The van der Waals surface area contributed by atoms with Crippen molar-refractivity contribution in [3.8, 4) is 0 Å². The number of aliphatic hydroxyl groups is 1. The smallest absolute Gasteiger partial charge is 0.0474 e. The number of rotatable bonds is 1. The van der Waals surface area contributed by atoms with Crippen molar-refractivity contribution in [2.45, 2.75) is 6.42 Å². The summed E-state index contributed by atoms with van der Waals surface area (Å²) in [5, 5.41) is 8.86. The highest BCUT2D eigenvalue weighted by molar-refractivity contribution is 5.02. The van der Waals surface area contributed by atoms with Crippen LogP contribution in [0.2, 0.25) is 0 Å². The number of hydrogen-bond acceptors (Lipinski definition) is 2. The first-order valence-electron chi connectivity index (χ1n) is 3.68. The van der Waals surface area contributed by atoms with Gasteiger partial charge in [0.2, 0.25) is 0 Å². The van der Waals surface area contributed by atoms with E-state index in [0.717, 1.165) is 19.5 Å². The SMILES string of the molecule is C=C1CC(CO)CN(C)C1.